The summed E-state index contributed by atoms with van der Waals surface area (Å²) >= 11 is 0. The van der Waals surface area contributed by atoms with Crippen molar-refractivity contribution in [3.8, 4) is 5.75 Å². The Balaban J connectivity index is 1.88. The van der Waals surface area contributed by atoms with Crippen molar-refractivity contribution in [1.82, 2.24) is 5.32 Å². The lowest BCUT2D eigenvalue weighted by molar-refractivity contribution is 0.0294. The summed E-state index contributed by atoms with van der Waals surface area (Å²) in [5.41, 5.74) is 1.17. The maximum absolute atomic E-state index is 5.97. The SMILES string of the molecule is CNC1CCCC1OCc1cccc(OC)c1. The molecule has 0 radical (unpaired) electrons. The molecule has 0 aromatic heterocycles. The Morgan fingerprint density at radius 1 is 1.35 bits per heavy atom. The van der Waals surface area contributed by atoms with Gasteiger partial charge in [0.15, 0.2) is 0 Å². The molecule has 2 rings (SSSR count). The molecule has 0 bridgehead atoms. The number of hydrogen-bond acceptors (Lipinski definition) is 3. The molecule has 17 heavy (non-hydrogen) atoms. The Hall–Kier alpha value is -1.06. The van der Waals surface area contributed by atoms with Crippen molar-refractivity contribution in [1.29, 1.82) is 0 Å². The fourth-order valence-electron chi connectivity index (χ4n) is 2.42. The molecule has 2 unspecified atom stereocenters. The molecule has 0 heterocycles. The number of ether oxygens (including phenoxy) is 2. The zero-order valence-electron chi connectivity index (χ0n) is 10.6. The molecule has 0 aliphatic heterocycles. The van der Waals surface area contributed by atoms with E-state index in [1.54, 1.807) is 7.11 Å². The second-order valence-electron chi connectivity index (χ2n) is 4.53. The van der Waals surface area contributed by atoms with Gasteiger partial charge in [-0.05, 0) is 44.0 Å². The third-order valence-corrected chi connectivity index (χ3v) is 3.42. The van der Waals surface area contributed by atoms with Crippen molar-refractivity contribution in [2.75, 3.05) is 14.2 Å². The first kappa shape index (κ1) is 12.4. The number of rotatable bonds is 5. The van der Waals surface area contributed by atoms with Gasteiger partial charge in [0.1, 0.15) is 5.75 Å². The van der Waals surface area contributed by atoms with Crippen molar-refractivity contribution >= 4 is 0 Å². The highest BCUT2D eigenvalue weighted by molar-refractivity contribution is 5.27. The number of methoxy groups -OCH3 is 1. The molecular weight excluding hydrogens is 214 g/mol. The first-order valence-corrected chi connectivity index (χ1v) is 6.25. The summed E-state index contributed by atoms with van der Waals surface area (Å²) < 4.78 is 11.2. The van der Waals surface area contributed by atoms with Crippen LogP contribution in [0.25, 0.3) is 0 Å². The molecule has 3 heteroatoms. The molecular formula is C14H21NO2. The molecule has 0 saturated heterocycles. The second-order valence-corrected chi connectivity index (χ2v) is 4.53. The van der Waals surface area contributed by atoms with Crippen LogP contribution in [0.1, 0.15) is 24.8 Å². The van der Waals surface area contributed by atoms with Gasteiger partial charge in [-0.2, -0.15) is 0 Å². The van der Waals surface area contributed by atoms with Crippen LogP contribution in [0.4, 0.5) is 0 Å². The summed E-state index contributed by atoms with van der Waals surface area (Å²) in [5.74, 6) is 0.891. The lowest BCUT2D eigenvalue weighted by atomic mass is 10.2. The van der Waals surface area contributed by atoms with E-state index in [4.69, 9.17) is 9.47 Å². The lowest BCUT2D eigenvalue weighted by Crippen LogP contribution is -2.34. The normalized spacial score (nSPS) is 23.9. The monoisotopic (exact) mass is 235 g/mol. The quantitative estimate of drug-likeness (QED) is 0.850. The van der Waals surface area contributed by atoms with Crippen LogP contribution in [0.3, 0.4) is 0 Å². The van der Waals surface area contributed by atoms with Crippen LogP contribution in [0.2, 0.25) is 0 Å². The van der Waals surface area contributed by atoms with Gasteiger partial charge in [0.25, 0.3) is 0 Å². The van der Waals surface area contributed by atoms with E-state index in [-0.39, 0.29) is 0 Å². The van der Waals surface area contributed by atoms with Gasteiger partial charge < -0.3 is 14.8 Å². The molecule has 1 aliphatic carbocycles. The topological polar surface area (TPSA) is 30.5 Å². The third kappa shape index (κ3) is 3.20. The predicted octanol–water partition coefficient (Wildman–Crippen LogP) is 2.35. The van der Waals surface area contributed by atoms with Crippen LogP contribution >= 0.6 is 0 Å². The average molecular weight is 235 g/mol. The minimum Gasteiger partial charge on any atom is -0.497 e. The predicted molar refractivity (Wildman–Crippen MR) is 68.3 cm³/mol. The molecule has 2 atom stereocenters. The summed E-state index contributed by atoms with van der Waals surface area (Å²) in [6.45, 7) is 0.667. The largest absolute Gasteiger partial charge is 0.497 e. The summed E-state index contributed by atoms with van der Waals surface area (Å²) in [6, 6.07) is 8.58. The fraction of sp³-hybridized carbons (Fsp3) is 0.571. The third-order valence-electron chi connectivity index (χ3n) is 3.42. The molecule has 1 aromatic carbocycles. The summed E-state index contributed by atoms with van der Waals surface area (Å²) in [4.78, 5) is 0. The minimum atomic E-state index is 0.353. The molecule has 0 spiro atoms. The molecule has 1 aliphatic rings. The van der Waals surface area contributed by atoms with Gasteiger partial charge in [-0.3, -0.25) is 0 Å². The van der Waals surface area contributed by atoms with Gasteiger partial charge in [-0.1, -0.05) is 12.1 Å². The van der Waals surface area contributed by atoms with Crippen LogP contribution in [0, 0.1) is 0 Å². The van der Waals surface area contributed by atoms with E-state index in [1.165, 1.54) is 18.4 Å². The van der Waals surface area contributed by atoms with Crippen molar-refractivity contribution in [2.45, 2.75) is 38.0 Å². The van der Waals surface area contributed by atoms with Crippen molar-refractivity contribution in [3.63, 3.8) is 0 Å². The number of likely N-dealkylation sites (N-methyl/N-ethyl adjacent to an activating group) is 1. The number of nitrogens with one attached hydrogen (secondary N) is 1. The first-order valence-electron chi connectivity index (χ1n) is 6.25. The molecule has 1 saturated carbocycles. The Morgan fingerprint density at radius 2 is 2.24 bits per heavy atom. The Kier molecular flexibility index (Phi) is 4.40. The molecule has 1 N–H and O–H groups in total. The number of benzene rings is 1. The minimum absolute atomic E-state index is 0.353. The van der Waals surface area contributed by atoms with Crippen LogP contribution < -0.4 is 10.1 Å². The lowest BCUT2D eigenvalue weighted by Gasteiger charge is -2.19. The Bertz CT molecular complexity index is 354. The maximum Gasteiger partial charge on any atom is 0.119 e. The van der Waals surface area contributed by atoms with E-state index in [0.29, 0.717) is 18.8 Å². The molecule has 94 valence electrons. The number of hydrogen-bond donors (Lipinski definition) is 1. The van der Waals surface area contributed by atoms with Gasteiger partial charge in [0.2, 0.25) is 0 Å². The highest BCUT2D eigenvalue weighted by Crippen LogP contribution is 2.23. The van der Waals surface area contributed by atoms with Crippen LogP contribution in [0.5, 0.6) is 5.75 Å². The van der Waals surface area contributed by atoms with Gasteiger partial charge >= 0.3 is 0 Å². The van der Waals surface area contributed by atoms with Gasteiger partial charge in [0.05, 0.1) is 19.8 Å². The van der Waals surface area contributed by atoms with E-state index in [0.717, 1.165) is 12.2 Å². The second kappa shape index (κ2) is 6.03. The summed E-state index contributed by atoms with van der Waals surface area (Å²) in [6.07, 6.45) is 3.99. The highest BCUT2D eigenvalue weighted by atomic mass is 16.5. The van der Waals surface area contributed by atoms with Gasteiger partial charge in [-0.25, -0.2) is 0 Å². The smallest absolute Gasteiger partial charge is 0.119 e. The van der Waals surface area contributed by atoms with E-state index in [2.05, 4.69) is 11.4 Å². The van der Waals surface area contributed by atoms with Crippen LogP contribution in [-0.4, -0.2) is 26.3 Å². The maximum atomic E-state index is 5.97. The molecule has 1 aromatic rings. The fourth-order valence-corrected chi connectivity index (χ4v) is 2.42. The van der Waals surface area contributed by atoms with Gasteiger partial charge in [0, 0.05) is 6.04 Å². The zero-order chi connectivity index (χ0) is 12.1. The van der Waals surface area contributed by atoms with Crippen molar-refractivity contribution in [3.05, 3.63) is 29.8 Å². The standard InChI is InChI=1S/C14H21NO2/c1-15-13-7-4-8-14(13)17-10-11-5-3-6-12(9-11)16-2/h3,5-6,9,13-15H,4,7-8,10H2,1-2H3. The van der Waals surface area contributed by atoms with Crippen LogP contribution in [-0.2, 0) is 11.3 Å². The van der Waals surface area contributed by atoms with Crippen molar-refractivity contribution in [2.24, 2.45) is 0 Å². The molecule has 0 amide bonds. The zero-order valence-corrected chi connectivity index (χ0v) is 10.6. The first-order chi connectivity index (χ1) is 8.33. The molecule has 3 nitrogen and oxygen atoms in total. The van der Waals surface area contributed by atoms with E-state index in [1.807, 2.05) is 25.2 Å². The van der Waals surface area contributed by atoms with E-state index < -0.39 is 0 Å². The average Bonchev–Trinajstić information content (AvgIpc) is 2.84. The van der Waals surface area contributed by atoms with Crippen LogP contribution in [0.15, 0.2) is 24.3 Å². The summed E-state index contributed by atoms with van der Waals surface area (Å²) in [5, 5.41) is 3.32. The van der Waals surface area contributed by atoms with Gasteiger partial charge in [-0.15, -0.1) is 0 Å². The Morgan fingerprint density at radius 3 is 3.00 bits per heavy atom. The Labute approximate surface area is 103 Å². The highest BCUT2D eigenvalue weighted by Gasteiger charge is 2.26. The molecule has 1 fully saturated rings. The summed E-state index contributed by atoms with van der Waals surface area (Å²) in [7, 11) is 3.70. The van der Waals surface area contributed by atoms with E-state index >= 15 is 0 Å². The van der Waals surface area contributed by atoms with E-state index in [9.17, 15) is 0 Å². The van der Waals surface area contributed by atoms with Crippen molar-refractivity contribution < 1.29 is 9.47 Å².